The van der Waals surface area contributed by atoms with Crippen molar-refractivity contribution in [2.75, 3.05) is 6.61 Å². The molecule has 0 rings (SSSR count). The van der Waals surface area contributed by atoms with Crippen LogP contribution in [-0.2, 0) is 14.4 Å². The van der Waals surface area contributed by atoms with Crippen molar-refractivity contribution in [3.63, 3.8) is 0 Å². The fourth-order valence-corrected chi connectivity index (χ4v) is 1.52. The molecule has 116 valence electrons. The molecule has 0 aliphatic heterocycles. The molecule has 20 heavy (non-hydrogen) atoms. The molecule has 0 aliphatic carbocycles. The van der Waals surface area contributed by atoms with Crippen LogP contribution in [0.3, 0.4) is 0 Å². The molecule has 0 aliphatic rings. The Hall–Kier alpha value is -1.63. The Morgan fingerprint density at radius 1 is 1.00 bits per heavy atom. The van der Waals surface area contributed by atoms with E-state index >= 15 is 0 Å². The van der Waals surface area contributed by atoms with E-state index in [9.17, 15) is 14.4 Å². The Morgan fingerprint density at radius 2 is 1.50 bits per heavy atom. The summed E-state index contributed by atoms with van der Waals surface area (Å²) in [5.41, 5.74) is 5.22. The Labute approximate surface area is 119 Å². The van der Waals surface area contributed by atoms with Gasteiger partial charge in [0.05, 0.1) is 6.61 Å². The zero-order chi connectivity index (χ0) is 15.9. The molecule has 0 radical (unpaired) electrons. The molecule has 5 N–H and O–H groups in total. The van der Waals surface area contributed by atoms with E-state index in [1.807, 2.05) is 13.8 Å². The van der Waals surface area contributed by atoms with Crippen LogP contribution >= 0.6 is 0 Å². The van der Waals surface area contributed by atoms with E-state index in [2.05, 4.69) is 10.6 Å². The van der Waals surface area contributed by atoms with Gasteiger partial charge in [-0.15, -0.1) is 0 Å². The first-order valence-electron chi connectivity index (χ1n) is 6.69. The average Bonchev–Trinajstić information content (AvgIpc) is 2.33. The van der Waals surface area contributed by atoms with Gasteiger partial charge in [-0.1, -0.05) is 27.7 Å². The molecule has 0 bridgehead atoms. The van der Waals surface area contributed by atoms with Crippen LogP contribution in [0.2, 0.25) is 0 Å². The summed E-state index contributed by atoms with van der Waals surface area (Å²) in [5, 5.41) is 14.0. The van der Waals surface area contributed by atoms with E-state index in [-0.39, 0.29) is 17.7 Å². The molecule has 2 atom stereocenters. The standard InChI is InChI=1S/C13H25N3O4/c1-7(2)5-9(11(14)18)15-13(20)10(6-17)16-12(19)8(3)4/h7-10,17H,5-6H2,1-4H3,(H2,14,18)(H,15,20)(H,16,19)/t9-,10-/m0/s1. The summed E-state index contributed by atoms with van der Waals surface area (Å²) in [4.78, 5) is 34.7. The lowest BCUT2D eigenvalue weighted by atomic mass is 10.0. The molecule has 7 nitrogen and oxygen atoms in total. The molecule has 0 heterocycles. The average molecular weight is 287 g/mol. The normalized spacial score (nSPS) is 13.9. The van der Waals surface area contributed by atoms with Crippen molar-refractivity contribution in [1.29, 1.82) is 0 Å². The smallest absolute Gasteiger partial charge is 0.245 e. The molecular formula is C13H25N3O4. The van der Waals surface area contributed by atoms with E-state index < -0.39 is 30.5 Å². The van der Waals surface area contributed by atoms with Gasteiger partial charge in [0.2, 0.25) is 17.7 Å². The molecule has 0 aromatic rings. The van der Waals surface area contributed by atoms with Crippen LogP contribution in [0.1, 0.15) is 34.1 Å². The highest BCUT2D eigenvalue weighted by atomic mass is 16.3. The third kappa shape index (κ3) is 6.51. The van der Waals surface area contributed by atoms with Gasteiger partial charge in [-0.25, -0.2) is 0 Å². The van der Waals surface area contributed by atoms with Crippen molar-refractivity contribution < 1.29 is 19.5 Å². The van der Waals surface area contributed by atoms with Gasteiger partial charge in [-0.3, -0.25) is 14.4 Å². The minimum Gasteiger partial charge on any atom is -0.394 e. The quantitative estimate of drug-likeness (QED) is 0.464. The second kappa shape index (κ2) is 8.52. The van der Waals surface area contributed by atoms with Crippen molar-refractivity contribution in [2.24, 2.45) is 17.6 Å². The van der Waals surface area contributed by atoms with Gasteiger partial charge in [-0.05, 0) is 12.3 Å². The van der Waals surface area contributed by atoms with Gasteiger partial charge in [0, 0.05) is 5.92 Å². The summed E-state index contributed by atoms with van der Waals surface area (Å²) >= 11 is 0. The highest BCUT2D eigenvalue weighted by molar-refractivity contribution is 5.91. The molecule has 3 amide bonds. The molecule has 0 spiro atoms. The van der Waals surface area contributed by atoms with Crippen LogP contribution in [0.15, 0.2) is 0 Å². The Morgan fingerprint density at radius 3 is 1.85 bits per heavy atom. The van der Waals surface area contributed by atoms with Gasteiger partial charge in [-0.2, -0.15) is 0 Å². The van der Waals surface area contributed by atoms with E-state index in [0.29, 0.717) is 6.42 Å². The van der Waals surface area contributed by atoms with Crippen molar-refractivity contribution >= 4 is 17.7 Å². The first-order valence-corrected chi connectivity index (χ1v) is 6.69. The van der Waals surface area contributed by atoms with Gasteiger partial charge < -0.3 is 21.5 Å². The molecule has 0 saturated heterocycles. The zero-order valence-corrected chi connectivity index (χ0v) is 12.5. The first kappa shape index (κ1) is 18.4. The molecule has 7 heteroatoms. The summed E-state index contributed by atoms with van der Waals surface area (Å²) in [6, 6.07) is -1.90. The van der Waals surface area contributed by atoms with Gasteiger partial charge in [0.15, 0.2) is 0 Å². The van der Waals surface area contributed by atoms with E-state index in [4.69, 9.17) is 10.8 Å². The number of carbonyl (C=O) groups is 3. The predicted molar refractivity (Wildman–Crippen MR) is 74.4 cm³/mol. The molecule has 0 aromatic carbocycles. The Balaban J connectivity index is 4.66. The third-order valence-corrected chi connectivity index (χ3v) is 2.71. The fourth-order valence-electron chi connectivity index (χ4n) is 1.52. The number of hydrogen-bond donors (Lipinski definition) is 4. The lowest BCUT2D eigenvalue weighted by Gasteiger charge is -2.22. The first-order chi connectivity index (χ1) is 9.18. The maximum absolute atomic E-state index is 11.9. The molecular weight excluding hydrogens is 262 g/mol. The van der Waals surface area contributed by atoms with Crippen molar-refractivity contribution in [3.05, 3.63) is 0 Å². The van der Waals surface area contributed by atoms with Crippen molar-refractivity contribution in [3.8, 4) is 0 Å². The number of primary amides is 1. The van der Waals surface area contributed by atoms with Crippen LogP contribution in [-0.4, -0.2) is 41.5 Å². The number of carbonyl (C=O) groups excluding carboxylic acids is 3. The van der Waals surface area contributed by atoms with Gasteiger partial charge in [0.1, 0.15) is 12.1 Å². The topological polar surface area (TPSA) is 122 Å². The molecule has 0 unspecified atom stereocenters. The van der Waals surface area contributed by atoms with Crippen molar-refractivity contribution in [2.45, 2.75) is 46.2 Å². The maximum atomic E-state index is 11.9. The van der Waals surface area contributed by atoms with Gasteiger partial charge in [0.25, 0.3) is 0 Å². The summed E-state index contributed by atoms with van der Waals surface area (Å²) in [7, 11) is 0. The number of aliphatic hydroxyl groups is 1. The minimum absolute atomic E-state index is 0.172. The summed E-state index contributed by atoms with van der Waals surface area (Å²) < 4.78 is 0. The van der Waals surface area contributed by atoms with Crippen LogP contribution < -0.4 is 16.4 Å². The lowest BCUT2D eigenvalue weighted by Crippen LogP contribution is -2.55. The number of rotatable bonds is 8. The molecule has 0 fully saturated rings. The van der Waals surface area contributed by atoms with Crippen LogP contribution in [0.5, 0.6) is 0 Å². The molecule has 0 aromatic heterocycles. The highest BCUT2D eigenvalue weighted by Crippen LogP contribution is 2.04. The zero-order valence-electron chi connectivity index (χ0n) is 12.5. The Bertz CT molecular complexity index is 356. The largest absolute Gasteiger partial charge is 0.394 e. The second-order valence-electron chi connectivity index (χ2n) is 5.49. The van der Waals surface area contributed by atoms with E-state index in [1.165, 1.54) is 0 Å². The SMILES string of the molecule is CC(C)C[C@H](NC(=O)[C@H](CO)NC(=O)C(C)C)C(N)=O. The monoisotopic (exact) mass is 287 g/mol. The number of nitrogens with one attached hydrogen (secondary N) is 2. The van der Waals surface area contributed by atoms with Crippen LogP contribution in [0.4, 0.5) is 0 Å². The van der Waals surface area contributed by atoms with Crippen LogP contribution in [0, 0.1) is 11.8 Å². The number of nitrogens with two attached hydrogens (primary N) is 1. The maximum Gasteiger partial charge on any atom is 0.245 e. The molecule has 0 saturated carbocycles. The van der Waals surface area contributed by atoms with E-state index in [0.717, 1.165) is 0 Å². The minimum atomic E-state index is -1.08. The number of aliphatic hydroxyl groups excluding tert-OH is 1. The second-order valence-corrected chi connectivity index (χ2v) is 5.49. The summed E-state index contributed by atoms with van der Waals surface area (Å²) in [6.45, 7) is 6.59. The third-order valence-electron chi connectivity index (χ3n) is 2.71. The van der Waals surface area contributed by atoms with Gasteiger partial charge >= 0.3 is 0 Å². The van der Waals surface area contributed by atoms with Crippen molar-refractivity contribution in [1.82, 2.24) is 10.6 Å². The lowest BCUT2D eigenvalue weighted by molar-refractivity contribution is -0.133. The summed E-state index contributed by atoms with van der Waals surface area (Å²) in [5.74, 6) is -1.74. The number of amides is 3. The predicted octanol–water partition coefficient (Wildman–Crippen LogP) is -0.864. The van der Waals surface area contributed by atoms with Crippen LogP contribution in [0.25, 0.3) is 0 Å². The highest BCUT2D eigenvalue weighted by Gasteiger charge is 2.26. The summed E-state index contributed by atoms with van der Waals surface area (Å²) in [6.07, 6.45) is 0.400. The number of hydrogen-bond acceptors (Lipinski definition) is 4. The Kier molecular flexibility index (Phi) is 7.83. The fraction of sp³-hybridized carbons (Fsp3) is 0.769. The van der Waals surface area contributed by atoms with E-state index in [1.54, 1.807) is 13.8 Å².